The molecular weight excluding hydrogens is 351 g/mol. The molecule has 3 N–H and O–H groups in total. The molecule has 0 aliphatic carbocycles. The quantitative estimate of drug-likeness (QED) is 0.780. The number of anilines is 1. The van der Waals surface area contributed by atoms with Gasteiger partial charge in [-0.05, 0) is 37.1 Å². The highest BCUT2D eigenvalue weighted by molar-refractivity contribution is 7.16. The fraction of sp³-hybridized carbons (Fsp3) is 0.176. The molecule has 2 amide bonds. The van der Waals surface area contributed by atoms with Crippen molar-refractivity contribution in [1.82, 2.24) is 0 Å². The Morgan fingerprint density at radius 2 is 2.12 bits per heavy atom. The minimum atomic E-state index is -0.590. The Bertz CT molecular complexity index is 810. The number of nitrogens with one attached hydrogen (secondary N) is 1. The third kappa shape index (κ3) is 3.83. The van der Waals surface area contributed by atoms with E-state index in [2.05, 4.69) is 5.32 Å². The Morgan fingerprint density at radius 3 is 2.71 bits per heavy atom. The summed E-state index contributed by atoms with van der Waals surface area (Å²) in [6.07, 6.45) is 3.09. The first kappa shape index (κ1) is 18.2. The average molecular weight is 367 g/mol. The van der Waals surface area contributed by atoms with Gasteiger partial charge in [-0.2, -0.15) is 0 Å². The van der Waals surface area contributed by atoms with Gasteiger partial charge in [-0.1, -0.05) is 24.6 Å². The van der Waals surface area contributed by atoms with Crippen LogP contribution in [0.5, 0.6) is 0 Å². The molecule has 7 heteroatoms. The molecule has 0 aliphatic heterocycles. The summed E-state index contributed by atoms with van der Waals surface area (Å²) in [6, 6.07) is 4.27. The van der Waals surface area contributed by atoms with Gasteiger partial charge < -0.3 is 11.1 Å². The fourth-order valence-corrected chi connectivity index (χ4v) is 3.71. The van der Waals surface area contributed by atoms with Crippen molar-refractivity contribution in [3.8, 4) is 0 Å². The van der Waals surface area contributed by atoms with E-state index in [1.54, 1.807) is 0 Å². The molecule has 2 rings (SSSR count). The Balaban J connectivity index is 2.25. The maximum absolute atomic E-state index is 13.7. The molecule has 24 heavy (non-hydrogen) atoms. The van der Waals surface area contributed by atoms with Crippen LogP contribution in [0, 0.1) is 12.7 Å². The molecule has 1 aromatic carbocycles. The molecule has 2 aromatic rings. The zero-order valence-corrected chi connectivity index (χ0v) is 14.7. The molecule has 0 spiro atoms. The molecule has 0 fully saturated rings. The second-order valence-corrected chi connectivity index (χ2v) is 6.65. The lowest BCUT2D eigenvalue weighted by Gasteiger charge is -2.04. The molecule has 1 aromatic heterocycles. The van der Waals surface area contributed by atoms with Gasteiger partial charge in [0, 0.05) is 16.5 Å². The van der Waals surface area contributed by atoms with Crippen LogP contribution in [0.1, 0.15) is 33.3 Å². The average Bonchev–Trinajstić information content (AvgIpc) is 2.82. The van der Waals surface area contributed by atoms with E-state index < -0.39 is 17.6 Å². The topological polar surface area (TPSA) is 72.2 Å². The van der Waals surface area contributed by atoms with Crippen LogP contribution in [0.25, 0.3) is 6.08 Å². The van der Waals surface area contributed by atoms with Crippen LogP contribution in [0.4, 0.5) is 9.39 Å². The van der Waals surface area contributed by atoms with Crippen LogP contribution in [0.15, 0.2) is 24.3 Å². The van der Waals surface area contributed by atoms with Crippen molar-refractivity contribution in [1.29, 1.82) is 0 Å². The van der Waals surface area contributed by atoms with E-state index in [-0.39, 0.29) is 10.6 Å². The smallest absolute Gasteiger partial charge is 0.251 e. The number of thiophene rings is 1. The Hall–Kier alpha value is -2.18. The molecule has 4 nitrogen and oxygen atoms in total. The summed E-state index contributed by atoms with van der Waals surface area (Å²) >= 11 is 7.18. The standard InChI is InChI=1S/C17H16ClFN2O2S/c1-3-10-9(2)24-17(15(10)16(20)23)21-14(22)8-7-11-12(18)5-4-6-13(11)19/h4-8H,3H2,1-2H3,(H2,20,23)(H,21,22)/b8-7+. The van der Waals surface area contributed by atoms with Crippen molar-refractivity contribution in [2.75, 3.05) is 5.32 Å². The number of hydrogen-bond donors (Lipinski definition) is 2. The van der Waals surface area contributed by atoms with Crippen molar-refractivity contribution in [3.63, 3.8) is 0 Å². The number of carbonyl (C=O) groups excluding carboxylic acids is 2. The highest BCUT2D eigenvalue weighted by Gasteiger charge is 2.19. The van der Waals surface area contributed by atoms with E-state index >= 15 is 0 Å². The molecule has 0 saturated carbocycles. The second kappa shape index (κ2) is 7.59. The first-order valence-corrected chi connectivity index (χ1v) is 8.39. The normalized spacial score (nSPS) is 11.0. The van der Waals surface area contributed by atoms with Crippen LogP contribution >= 0.6 is 22.9 Å². The zero-order chi connectivity index (χ0) is 17.9. The molecule has 1 heterocycles. The summed E-state index contributed by atoms with van der Waals surface area (Å²) in [5.41, 5.74) is 6.69. The van der Waals surface area contributed by atoms with Gasteiger partial charge in [0.25, 0.3) is 5.91 Å². The van der Waals surface area contributed by atoms with E-state index in [1.165, 1.54) is 35.6 Å². The van der Waals surface area contributed by atoms with Crippen molar-refractivity contribution in [2.45, 2.75) is 20.3 Å². The predicted octanol–water partition coefficient (Wildman–Crippen LogP) is 4.16. The van der Waals surface area contributed by atoms with Gasteiger partial charge in [-0.15, -0.1) is 11.3 Å². The van der Waals surface area contributed by atoms with E-state index in [1.807, 2.05) is 13.8 Å². The molecule has 0 unspecified atom stereocenters. The van der Waals surface area contributed by atoms with Crippen LogP contribution in [0.3, 0.4) is 0 Å². The summed E-state index contributed by atoms with van der Waals surface area (Å²) in [7, 11) is 0. The second-order valence-electron chi connectivity index (χ2n) is 5.02. The number of nitrogens with two attached hydrogens (primary N) is 1. The first-order chi connectivity index (χ1) is 11.3. The number of primary amides is 1. The summed E-state index contributed by atoms with van der Waals surface area (Å²) < 4.78 is 13.7. The lowest BCUT2D eigenvalue weighted by atomic mass is 10.1. The van der Waals surface area contributed by atoms with Gasteiger partial charge in [0.05, 0.1) is 10.6 Å². The highest BCUT2D eigenvalue weighted by atomic mass is 35.5. The fourth-order valence-electron chi connectivity index (χ4n) is 2.34. The molecule has 0 saturated heterocycles. The maximum atomic E-state index is 13.7. The Morgan fingerprint density at radius 1 is 1.42 bits per heavy atom. The van der Waals surface area contributed by atoms with Crippen LogP contribution in [-0.2, 0) is 11.2 Å². The van der Waals surface area contributed by atoms with Gasteiger partial charge in [0.2, 0.25) is 5.91 Å². The van der Waals surface area contributed by atoms with Gasteiger partial charge in [-0.3, -0.25) is 9.59 Å². The van der Waals surface area contributed by atoms with E-state index in [0.29, 0.717) is 17.0 Å². The molecule has 0 radical (unpaired) electrons. The van der Waals surface area contributed by atoms with Crippen molar-refractivity contribution in [3.05, 3.63) is 56.7 Å². The third-order valence-corrected chi connectivity index (χ3v) is 4.84. The number of carbonyl (C=O) groups is 2. The summed E-state index contributed by atoms with van der Waals surface area (Å²) in [4.78, 5) is 24.7. The van der Waals surface area contributed by atoms with Crippen molar-refractivity contribution < 1.29 is 14.0 Å². The number of benzene rings is 1. The Labute approximate surface area is 148 Å². The van der Waals surface area contributed by atoms with Gasteiger partial charge >= 0.3 is 0 Å². The molecule has 126 valence electrons. The van der Waals surface area contributed by atoms with Crippen LogP contribution in [0.2, 0.25) is 5.02 Å². The van der Waals surface area contributed by atoms with Gasteiger partial charge in [0.15, 0.2) is 0 Å². The highest BCUT2D eigenvalue weighted by Crippen LogP contribution is 2.33. The molecule has 0 aliphatic rings. The zero-order valence-electron chi connectivity index (χ0n) is 13.2. The number of hydrogen-bond acceptors (Lipinski definition) is 3. The number of aryl methyl sites for hydroxylation is 1. The van der Waals surface area contributed by atoms with Gasteiger partial charge in [-0.25, -0.2) is 4.39 Å². The van der Waals surface area contributed by atoms with E-state index in [9.17, 15) is 14.0 Å². The number of amides is 2. The minimum Gasteiger partial charge on any atom is -0.365 e. The lowest BCUT2D eigenvalue weighted by Crippen LogP contribution is -2.16. The summed E-state index contributed by atoms with van der Waals surface area (Å²) in [5.74, 6) is -1.61. The number of halogens is 2. The third-order valence-electron chi connectivity index (χ3n) is 3.45. The van der Waals surface area contributed by atoms with Crippen LogP contribution in [-0.4, -0.2) is 11.8 Å². The molecule has 0 bridgehead atoms. The largest absolute Gasteiger partial charge is 0.365 e. The van der Waals surface area contributed by atoms with Gasteiger partial charge in [0.1, 0.15) is 10.8 Å². The lowest BCUT2D eigenvalue weighted by molar-refractivity contribution is -0.111. The monoisotopic (exact) mass is 366 g/mol. The minimum absolute atomic E-state index is 0.126. The SMILES string of the molecule is CCc1c(C)sc(NC(=O)/C=C/c2c(F)cccc2Cl)c1C(N)=O. The first-order valence-electron chi connectivity index (χ1n) is 7.20. The predicted molar refractivity (Wildman–Crippen MR) is 96.0 cm³/mol. The van der Waals surface area contributed by atoms with E-state index in [4.69, 9.17) is 17.3 Å². The molecular formula is C17H16ClFN2O2S. The molecule has 0 atom stereocenters. The van der Waals surface area contributed by atoms with E-state index in [0.717, 1.165) is 16.5 Å². The van der Waals surface area contributed by atoms with Crippen molar-refractivity contribution in [2.24, 2.45) is 5.73 Å². The van der Waals surface area contributed by atoms with Crippen LogP contribution < -0.4 is 11.1 Å². The van der Waals surface area contributed by atoms with Crippen molar-refractivity contribution >= 4 is 45.8 Å². The Kier molecular flexibility index (Phi) is 5.75. The number of rotatable bonds is 5. The summed E-state index contributed by atoms with van der Waals surface area (Å²) in [5, 5.41) is 3.22. The maximum Gasteiger partial charge on any atom is 0.251 e. The summed E-state index contributed by atoms with van der Waals surface area (Å²) in [6.45, 7) is 3.77.